The Labute approximate surface area is 115 Å². The summed E-state index contributed by atoms with van der Waals surface area (Å²) in [5, 5.41) is 11.9. The van der Waals surface area contributed by atoms with Crippen LogP contribution in [0.15, 0.2) is 23.6 Å². The average molecular weight is 275 g/mol. The molecule has 19 heavy (non-hydrogen) atoms. The van der Waals surface area contributed by atoms with Crippen LogP contribution in [0.1, 0.15) is 21.8 Å². The van der Waals surface area contributed by atoms with E-state index in [1.165, 1.54) is 6.07 Å². The number of hydrogen-bond donors (Lipinski definition) is 0. The van der Waals surface area contributed by atoms with Crippen molar-refractivity contribution in [2.45, 2.75) is 20.0 Å². The molecule has 0 atom stereocenters. The van der Waals surface area contributed by atoms with E-state index >= 15 is 0 Å². The number of benzene rings is 1. The van der Waals surface area contributed by atoms with Crippen molar-refractivity contribution in [2.75, 3.05) is 7.05 Å². The normalized spacial score (nSPS) is 10.7. The van der Waals surface area contributed by atoms with Crippen molar-refractivity contribution < 1.29 is 4.39 Å². The van der Waals surface area contributed by atoms with Gasteiger partial charge in [-0.3, -0.25) is 4.90 Å². The molecule has 1 aromatic carbocycles. The van der Waals surface area contributed by atoms with E-state index in [2.05, 4.69) is 9.88 Å². The summed E-state index contributed by atoms with van der Waals surface area (Å²) >= 11 is 1.63. The van der Waals surface area contributed by atoms with Gasteiger partial charge in [0.05, 0.1) is 16.3 Å². The van der Waals surface area contributed by atoms with E-state index in [9.17, 15) is 4.39 Å². The molecule has 0 unspecified atom stereocenters. The molecule has 0 saturated carbocycles. The largest absolute Gasteiger partial charge is 0.296 e. The molecule has 0 aliphatic carbocycles. The van der Waals surface area contributed by atoms with E-state index in [1.807, 2.05) is 25.4 Å². The SMILES string of the molecule is Cc1nc(CN(C)Cc2ccc(F)c(C#N)c2)cs1. The van der Waals surface area contributed by atoms with Crippen molar-refractivity contribution in [2.24, 2.45) is 0 Å². The maximum absolute atomic E-state index is 13.2. The van der Waals surface area contributed by atoms with Crippen LogP contribution in [0.3, 0.4) is 0 Å². The molecule has 2 rings (SSSR count). The molecule has 0 radical (unpaired) electrons. The number of nitriles is 1. The Hall–Kier alpha value is -1.77. The van der Waals surface area contributed by atoms with Gasteiger partial charge in [-0.25, -0.2) is 9.37 Å². The Balaban J connectivity index is 2.03. The summed E-state index contributed by atoms with van der Waals surface area (Å²) in [4.78, 5) is 6.49. The molecule has 0 amide bonds. The standard InChI is InChI=1S/C14H14FN3S/c1-10-17-13(9-19-10)8-18(2)7-11-3-4-14(15)12(5-11)6-16/h3-5,9H,7-8H2,1-2H3. The Kier molecular flexibility index (Phi) is 4.25. The van der Waals surface area contributed by atoms with Crippen molar-refractivity contribution in [1.29, 1.82) is 5.26 Å². The number of rotatable bonds is 4. The van der Waals surface area contributed by atoms with Gasteiger partial charge in [0, 0.05) is 18.5 Å². The minimum Gasteiger partial charge on any atom is -0.296 e. The molecule has 0 spiro atoms. The van der Waals surface area contributed by atoms with Crippen molar-refractivity contribution in [3.05, 3.63) is 51.2 Å². The fourth-order valence-corrected chi connectivity index (χ4v) is 2.49. The van der Waals surface area contributed by atoms with Gasteiger partial charge < -0.3 is 0 Å². The van der Waals surface area contributed by atoms with Gasteiger partial charge in [-0.1, -0.05) is 6.07 Å². The molecule has 0 saturated heterocycles. The predicted octanol–water partition coefficient (Wildman–Crippen LogP) is 3.09. The first-order valence-electron chi connectivity index (χ1n) is 5.86. The van der Waals surface area contributed by atoms with Gasteiger partial charge in [0.15, 0.2) is 0 Å². The van der Waals surface area contributed by atoms with E-state index in [4.69, 9.17) is 5.26 Å². The van der Waals surface area contributed by atoms with E-state index < -0.39 is 5.82 Å². The summed E-state index contributed by atoms with van der Waals surface area (Å²) in [7, 11) is 1.98. The van der Waals surface area contributed by atoms with Gasteiger partial charge in [0.25, 0.3) is 0 Å². The fraction of sp³-hybridized carbons (Fsp3) is 0.286. The maximum atomic E-state index is 13.2. The third-order valence-corrected chi connectivity index (χ3v) is 3.52. The maximum Gasteiger partial charge on any atom is 0.140 e. The molecule has 3 nitrogen and oxygen atoms in total. The Bertz CT molecular complexity index is 615. The van der Waals surface area contributed by atoms with E-state index in [0.717, 1.165) is 22.8 Å². The van der Waals surface area contributed by atoms with Gasteiger partial charge in [0.1, 0.15) is 11.9 Å². The van der Waals surface area contributed by atoms with Crippen LogP contribution in [0, 0.1) is 24.1 Å². The van der Waals surface area contributed by atoms with Gasteiger partial charge >= 0.3 is 0 Å². The number of hydrogen-bond acceptors (Lipinski definition) is 4. The summed E-state index contributed by atoms with van der Waals surface area (Å²) in [6.07, 6.45) is 0. The Morgan fingerprint density at radius 2 is 2.21 bits per heavy atom. The molecule has 98 valence electrons. The molecule has 1 heterocycles. The lowest BCUT2D eigenvalue weighted by molar-refractivity contribution is 0.315. The lowest BCUT2D eigenvalue weighted by atomic mass is 10.1. The fourth-order valence-electron chi connectivity index (χ4n) is 1.88. The van der Waals surface area contributed by atoms with Gasteiger partial charge in [-0.05, 0) is 31.7 Å². The molecular formula is C14H14FN3S. The monoisotopic (exact) mass is 275 g/mol. The summed E-state index contributed by atoms with van der Waals surface area (Å²) in [5.74, 6) is -0.468. The molecule has 0 aliphatic rings. The minimum absolute atomic E-state index is 0.0930. The second kappa shape index (κ2) is 5.91. The topological polar surface area (TPSA) is 39.9 Å². The lowest BCUT2D eigenvalue weighted by Crippen LogP contribution is -2.17. The lowest BCUT2D eigenvalue weighted by Gasteiger charge is -2.15. The molecule has 1 aromatic heterocycles. The zero-order chi connectivity index (χ0) is 13.8. The van der Waals surface area contributed by atoms with Gasteiger partial charge in [-0.15, -0.1) is 11.3 Å². The van der Waals surface area contributed by atoms with Crippen LogP contribution in [0.2, 0.25) is 0 Å². The van der Waals surface area contributed by atoms with Crippen molar-refractivity contribution in [1.82, 2.24) is 9.88 Å². The molecule has 0 fully saturated rings. The quantitative estimate of drug-likeness (QED) is 0.860. The molecule has 2 aromatic rings. The summed E-state index contributed by atoms with van der Waals surface area (Å²) in [6.45, 7) is 3.38. The molecule has 0 aliphatic heterocycles. The van der Waals surface area contributed by atoms with Crippen LogP contribution >= 0.6 is 11.3 Å². The summed E-state index contributed by atoms with van der Waals surface area (Å²) < 4.78 is 13.2. The van der Waals surface area contributed by atoms with Crippen LogP contribution in [0.4, 0.5) is 4.39 Å². The summed E-state index contributed by atoms with van der Waals surface area (Å²) in [6, 6.07) is 6.50. The minimum atomic E-state index is -0.468. The third-order valence-electron chi connectivity index (χ3n) is 2.70. The second-order valence-corrected chi connectivity index (χ2v) is 5.52. The van der Waals surface area contributed by atoms with E-state index in [1.54, 1.807) is 23.5 Å². The Morgan fingerprint density at radius 3 is 2.84 bits per heavy atom. The highest BCUT2D eigenvalue weighted by Gasteiger charge is 2.07. The van der Waals surface area contributed by atoms with Gasteiger partial charge in [-0.2, -0.15) is 5.26 Å². The van der Waals surface area contributed by atoms with E-state index in [0.29, 0.717) is 6.54 Å². The second-order valence-electron chi connectivity index (χ2n) is 4.46. The third kappa shape index (κ3) is 3.60. The number of aromatic nitrogens is 1. The van der Waals surface area contributed by atoms with Crippen LogP contribution in [-0.2, 0) is 13.1 Å². The molecule has 0 N–H and O–H groups in total. The molecule has 0 bridgehead atoms. The Morgan fingerprint density at radius 1 is 1.42 bits per heavy atom. The van der Waals surface area contributed by atoms with Crippen LogP contribution in [0.25, 0.3) is 0 Å². The first kappa shape index (κ1) is 13.7. The van der Waals surface area contributed by atoms with E-state index in [-0.39, 0.29) is 5.56 Å². The van der Waals surface area contributed by atoms with Crippen molar-refractivity contribution in [3.63, 3.8) is 0 Å². The average Bonchev–Trinajstić information content (AvgIpc) is 2.77. The predicted molar refractivity (Wildman–Crippen MR) is 73.1 cm³/mol. The molecule has 5 heteroatoms. The van der Waals surface area contributed by atoms with Crippen molar-refractivity contribution >= 4 is 11.3 Å². The number of aryl methyl sites for hydroxylation is 1. The smallest absolute Gasteiger partial charge is 0.140 e. The van der Waals surface area contributed by atoms with Crippen LogP contribution < -0.4 is 0 Å². The number of thiazole rings is 1. The highest BCUT2D eigenvalue weighted by Crippen LogP contribution is 2.14. The summed E-state index contributed by atoms with van der Waals surface area (Å²) in [5.41, 5.74) is 2.05. The van der Waals surface area contributed by atoms with Gasteiger partial charge in [0.2, 0.25) is 0 Å². The number of nitrogens with zero attached hydrogens (tertiary/aromatic N) is 3. The first-order valence-corrected chi connectivity index (χ1v) is 6.74. The highest BCUT2D eigenvalue weighted by molar-refractivity contribution is 7.09. The first-order chi connectivity index (χ1) is 9.08. The van der Waals surface area contributed by atoms with Crippen LogP contribution in [-0.4, -0.2) is 16.9 Å². The number of halogens is 1. The zero-order valence-electron chi connectivity index (χ0n) is 10.9. The van der Waals surface area contributed by atoms with Crippen LogP contribution in [0.5, 0.6) is 0 Å². The van der Waals surface area contributed by atoms with Crippen molar-refractivity contribution in [3.8, 4) is 6.07 Å². The molecular weight excluding hydrogens is 261 g/mol. The zero-order valence-corrected chi connectivity index (χ0v) is 11.7. The highest BCUT2D eigenvalue weighted by atomic mass is 32.1.